The molecule has 3 N–H and O–H groups in total. The lowest BCUT2D eigenvalue weighted by molar-refractivity contribution is 0.239. The third-order valence-corrected chi connectivity index (χ3v) is 5.91. The summed E-state index contributed by atoms with van der Waals surface area (Å²) in [5, 5.41) is 20.5. The molecule has 1 aliphatic rings. The molecule has 0 spiro atoms. The molecule has 0 unspecified atom stereocenters. The fraction of sp³-hybridized carbons (Fsp3) is 0.391. The van der Waals surface area contributed by atoms with Crippen LogP contribution >= 0.6 is 0 Å². The highest BCUT2D eigenvalue weighted by molar-refractivity contribution is 5.92. The molecule has 3 aromatic rings. The number of methoxy groups -OCH3 is 2. The minimum atomic E-state index is -0.206. The van der Waals surface area contributed by atoms with Gasteiger partial charge >= 0.3 is 6.03 Å². The van der Waals surface area contributed by atoms with E-state index in [4.69, 9.17) is 9.47 Å². The number of tetrazole rings is 1. The van der Waals surface area contributed by atoms with E-state index in [2.05, 4.69) is 38.2 Å². The van der Waals surface area contributed by atoms with Crippen LogP contribution in [0.1, 0.15) is 32.6 Å². The van der Waals surface area contributed by atoms with E-state index in [1.807, 2.05) is 36.4 Å². The standard InChI is InChI=1S/C23H28N6O3/c1-14-4-7-16(8-5-14)24-23(30)25-17-9-10-18(19(13-17)22-26-28-29-27-22)15-6-11-20(31-2)21(12-15)32-3/h6,9-14,16H,4-5,7-8H2,1-3H3,(H2,24,25,30)(H,26,27,28,29)/t14-,16-. The van der Waals surface area contributed by atoms with E-state index in [-0.39, 0.29) is 12.1 Å². The number of carbonyl (C=O) groups excluding carboxylic acids is 1. The van der Waals surface area contributed by atoms with Gasteiger partial charge in [0.15, 0.2) is 11.5 Å². The van der Waals surface area contributed by atoms with Crippen LogP contribution in [0.5, 0.6) is 11.5 Å². The number of amides is 2. The van der Waals surface area contributed by atoms with Gasteiger partial charge in [-0.2, -0.15) is 5.21 Å². The predicted molar refractivity (Wildman–Crippen MR) is 122 cm³/mol. The summed E-state index contributed by atoms with van der Waals surface area (Å²) in [6.45, 7) is 2.26. The molecule has 2 aromatic carbocycles. The number of nitrogens with zero attached hydrogens (tertiary/aromatic N) is 3. The number of hydrogen-bond acceptors (Lipinski definition) is 6. The van der Waals surface area contributed by atoms with Crippen molar-refractivity contribution < 1.29 is 14.3 Å². The maximum absolute atomic E-state index is 12.6. The lowest BCUT2D eigenvalue weighted by atomic mass is 9.87. The molecule has 9 nitrogen and oxygen atoms in total. The SMILES string of the molecule is COc1ccc(-c2ccc(NC(=O)N[C@H]3CC[C@H](C)CC3)cc2-c2nn[nH]n2)cc1OC. The van der Waals surface area contributed by atoms with E-state index < -0.39 is 0 Å². The Labute approximate surface area is 186 Å². The Hall–Kier alpha value is -3.62. The van der Waals surface area contributed by atoms with Crippen molar-refractivity contribution in [1.82, 2.24) is 25.9 Å². The molecule has 2 amide bonds. The van der Waals surface area contributed by atoms with Crippen LogP contribution in [0.3, 0.4) is 0 Å². The van der Waals surface area contributed by atoms with E-state index in [1.165, 1.54) is 0 Å². The smallest absolute Gasteiger partial charge is 0.319 e. The van der Waals surface area contributed by atoms with Gasteiger partial charge < -0.3 is 20.1 Å². The monoisotopic (exact) mass is 436 g/mol. The topological polar surface area (TPSA) is 114 Å². The first-order chi connectivity index (χ1) is 15.6. The second kappa shape index (κ2) is 9.67. The summed E-state index contributed by atoms with van der Waals surface area (Å²) in [4.78, 5) is 12.6. The number of ether oxygens (including phenoxy) is 2. The molecule has 1 heterocycles. The molecule has 168 valence electrons. The van der Waals surface area contributed by atoms with Crippen LogP contribution in [0.2, 0.25) is 0 Å². The number of anilines is 1. The van der Waals surface area contributed by atoms with E-state index in [9.17, 15) is 4.79 Å². The Bertz CT molecular complexity index is 1060. The van der Waals surface area contributed by atoms with Crippen molar-refractivity contribution >= 4 is 11.7 Å². The normalized spacial score (nSPS) is 18.1. The number of carbonyl (C=O) groups is 1. The molecule has 0 bridgehead atoms. The second-order valence-electron chi connectivity index (χ2n) is 8.12. The average Bonchev–Trinajstić information content (AvgIpc) is 3.35. The number of rotatable bonds is 6. The molecule has 1 aromatic heterocycles. The summed E-state index contributed by atoms with van der Waals surface area (Å²) < 4.78 is 10.8. The van der Waals surface area contributed by atoms with Crippen LogP contribution < -0.4 is 20.1 Å². The molecule has 9 heteroatoms. The van der Waals surface area contributed by atoms with Crippen molar-refractivity contribution in [3.05, 3.63) is 36.4 Å². The molecule has 0 saturated heterocycles. The molecule has 1 saturated carbocycles. The highest BCUT2D eigenvalue weighted by Gasteiger charge is 2.20. The van der Waals surface area contributed by atoms with Gasteiger partial charge in [-0.3, -0.25) is 0 Å². The van der Waals surface area contributed by atoms with Gasteiger partial charge in [0.1, 0.15) is 0 Å². The maximum Gasteiger partial charge on any atom is 0.319 e. The van der Waals surface area contributed by atoms with Gasteiger partial charge in [0.25, 0.3) is 0 Å². The van der Waals surface area contributed by atoms with E-state index in [0.717, 1.165) is 48.3 Å². The van der Waals surface area contributed by atoms with Crippen molar-refractivity contribution in [3.8, 4) is 34.0 Å². The van der Waals surface area contributed by atoms with Crippen molar-refractivity contribution in [3.63, 3.8) is 0 Å². The van der Waals surface area contributed by atoms with Gasteiger partial charge in [-0.15, -0.1) is 10.2 Å². The molecule has 1 fully saturated rings. The maximum atomic E-state index is 12.6. The third-order valence-electron chi connectivity index (χ3n) is 5.91. The van der Waals surface area contributed by atoms with Crippen LogP contribution in [-0.4, -0.2) is 46.9 Å². The van der Waals surface area contributed by atoms with Gasteiger partial charge in [0.2, 0.25) is 5.82 Å². The molecule has 0 radical (unpaired) electrons. The summed E-state index contributed by atoms with van der Waals surface area (Å²) in [5.41, 5.74) is 3.15. The number of aromatic nitrogens is 4. The highest BCUT2D eigenvalue weighted by atomic mass is 16.5. The number of aromatic amines is 1. The van der Waals surface area contributed by atoms with Crippen molar-refractivity contribution in [2.24, 2.45) is 5.92 Å². The summed E-state index contributed by atoms with van der Waals surface area (Å²) in [5.74, 6) is 2.43. The summed E-state index contributed by atoms with van der Waals surface area (Å²) in [7, 11) is 3.20. The molecule has 0 atom stereocenters. The van der Waals surface area contributed by atoms with Crippen LogP contribution in [-0.2, 0) is 0 Å². The third kappa shape index (κ3) is 4.82. The molecule has 32 heavy (non-hydrogen) atoms. The van der Waals surface area contributed by atoms with Crippen LogP contribution in [0.4, 0.5) is 10.5 Å². The average molecular weight is 437 g/mol. The van der Waals surface area contributed by atoms with Crippen molar-refractivity contribution in [2.75, 3.05) is 19.5 Å². The number of H-pyrrole nitrogens is 1. The molecule has 1 aliphatic carbocycles. The molecular formula is C23H28N6O3. The summed E-state index contributed by atoms with van der Waals surface area (Å²) in [6, 6.07) is 11.3. The fourth-order valence-electron chi connectivity index (χ4n) is 4.10. The second-order valence-corrected chi connectivity index (χ2v) is 8.12. The van der Waals surface area contributed by atoms with E-state index >= 15 is 0 Å². The summed E-state index contributed by atoms with van der Waals surface area (Å²) in [6.07, 6.45) is 4.32. The minimum absolute atomic E-state index is 0.206. The van der Waals surface area contributed by atoms with E-state index in [0.29, 0.717) is 23.0 Å². The van der Waals surface area contributed by atoms with Crippen molar-refractivity contribution in [2.45, 2.75) is 38.6 Å². The Balaban J connectivity index is 1.59. The number of benzene rings is 2. The zero-order chi connectivity index (χ0) is 22.5. The Morgan fingerprint density at radius 2 is 1.78 bits per heavy atom. The molecular weight excluding hydrogens is 408 g/mol. The number of nitrogens with one attached hydrogen (secondary N) is 3. The lowest BCUT2D eigenvalue weighted by Crippen LogP contribution is -2.39. The quantitative estimate of drug-likeness (QED) is 0.532. The largest absolute Gasteiger partial charge is 0.493 e. The van der Waals surface area contributed by atoms with Gasteiger partial charge in [0.05, 0.1) is 14.2 Å². The van der Waals surface area contributed by atoms with Crippen LogP contribution in [0, 0.1) is 5.92 Å². The highest BCUT2D eigenvalue weighted by Crippen LogP contribution is 2.37. The van der Waals surface area contributed by atoms with Crippen LogP contribution in [0.25, 0.3) is 22.5 Å². The molecule has 0 aliphatic heterocycles. The predicted octanol–water partition coefficient (Wildman–Crippen LogP) is 4.25. The van der Waals surface area contributed by atoms with Gasteiger partial charge in [-0.05, 0) is 72.2 Å². The number of urea groups is 1. The summed E-state index contributed by atoms with van der Waals surface area (Å²) >= 11 is 0. The zero-order valence-corrected chi connectivity index (χ0v) is 18.5. The van der Waals surface area contributed by atoms with E-state index in [1.54, 1.807) is 14.2 Å². The number of hydrogen-bond donors (Lipinski definition) is 3. The fourth-order valence-corrected chi connectivity index (χ4v) is 4.10. The van der Waals surface area contributed by atoms with Crippen molar-refractivity contribution in [1.29, 1.82) is 0 Å². The Morgan fingerprint density at radius 3 is 2.47 bits per heavy atom. The lowest BCUT2D eigenvalue weighted by Gasteiger charge is -2.27. The minimum Gasteiger partial charge on any atom is -0.493 e. The Kier molecular flexibility index (Phi) is 6.53. The van der Waals surface area contributed by atoms with Gasteiger partial charge in [-0.25, -0.2) is 4.79 Å². The van der Waals surface area contributed by atoms with Gasteiger partial charge in [-0.1, -0.05) is 19.1 Å². The molecule has 4 rings (SSSR count). The first-order valence-electron chi connectivity index (χ1n) is 10.7. The zero-order valence-electron chi connectivity index (χ0n) is 18.5. The first kappa shape index (κ1) is 21.6. The van der Waals surface area contributed by atoms with Crippen LogP contribution in [0.15, 0.2) is 36.4 Å². The first-order valence-corrected chi connectivity index (χ1v) is 10.7. The Morgan fingerprint density at radius 1 is 1.00 bits per heavy atom. The van der Waals surface area contributed by atoms with Gasteiger partial charge in [0, 0.05) is 17.3 Å².